The van der Waals surface area contributed by atoms with Crippen LogP contribution in [0.1, 0.15) is 62.8 Å². The molecule has 3 nitrogen and oxygen atoms in total. The van der Waals surface area contributed by atoms with Crippen LogP contribution in [0.4, 0.5) is 0 Å². The number of rotatable bonds is 5. The van der Waals surface area contributed by atoms with Gasteiger partial charge in [-0.05, 0) is 74.3 Å². The van der Waals surface area contributed by atoms with Crippen molar-refractivity contribution in [2.75, 3.05) is 13.7 Å². The monoisotopic (exact) mass is 407 g/mol. The van der Waals surface area contributed by atoms with Crippen LogP contribution < -0.4 is 4.74 Å². The van der Waals surface area contributed by atoms with Crippen LogP contribution >= 0.6 is 0 Å². The molecule has 1 saturated carbocycles. The van der Waals surface area contributed by atoms with Gasteiger partial charge in [-0.25, -0.2) is 0 Å². The Bertz CT molecular complexity index is 844. The molecule has 1 heterocycles. The summed E-state index contributed by atoms with van der Waals surface area (Å²) in [7, 11) is 1.72. The number of fused-ring (bicyclic) bond motifs is 1. The molecule has 0 radical (unpaired) electrons. The van der Waals surface area contributed by atoms with Gasteiger partial charge in [0.05, 0.1) is 13.2 Å². The van der Waals surface area contributed by atoms with Gasteiger partial charge in [0.2, 0.25) is 0 Å². The lowest BCUT2D eigenvalue weighted by molar-refractivity contribution is -0.0635. The minimum absolute atomic E-state index is 0.0514. The first-order valence-corrected chi connectivity index (χ1v) is 11.6. The quantitative estimate of drug-likeness (QED) is 0.719. The first kappa shape index (κ1) is 21.4. The van der Waals surface area contributed by atoms with Gasteiger partial charge >= 0.3 is 0 Å². The molecular formula is C27H37NO2. The molecule has 0 aromatic heterocycles. The Morgan fingerprint density at radius 2 is 1.80 bits per heavy atom. The van der Waals surface area contributed by atoms with Crippen LogP contribution in [-0.4, -0.2) is 35.3 Å². The molecule has 0 spiro atoms. The van der Waals surface area contributed by atoms with Gasteiger partial charge in [-0.3, -0.25) is 4.90 Å². The smallest absolute Gasteiger partial charge is 0.118 e. The van der Waals surface area contributed by atoms with Crippen molar-refractivity contribution in [3.8, 4) is 5.75 Å². The average Bonchev–Trinajstić information content (AvgIpc) is 2.74. The first-order valence-electron chi connectivity index (χ1n) is 11.6. The molecule has 0 bridgehead atoms. The summed E-state index contributed by atoms with van der Waals surface area (Å²) in [4.78, 5) is 2.70. The van der Waals surface area contributed by atoms with Crippen LogP contribution in [0.15, 0.2) is 48.5 Å². The lowest BCUT2D eigenvalue weighted by Gasteiger charge is -2.53. The third-order valence-electron chi connectivity index (χ3n) is 7.73. The predicted molar refractivity (Wildman–Crippen MR) is 123 cm³/mol. The van der Waals surface area contributed by atoms with Crippen molar-refractivity contribution in [2.45, 2.75) is 70.6 Å². The summed E-state index contributed by atoms with van der Waals surface area (Å²) >= 11 is 0. The lowest BCUT2D eigenvalue weighted by Crippen LogP contribution is -2.57. The molecule has 4 atom stereocenters. The Morgan fingerprint density at radius 1 is 1.07 bits per heavy atom. The Kier molecular flexibility index (Phi) is 6.22. The molecule has 1 N–H and O–H groups in total. The average molecular weight is 408 g/mol. The van der Waals surface area contributed by atoms with Crippen LogP contribution in [0, 0.1) is 11.8 Å². The molecule has 2 aromatic rings. The number of methoxy groups -OCH3 is 1. The fourth-order valence-corrected chi connectivity index (χ4v) is 5.93. The fourth-order valence-electron chi connectivity index (χ4n) is 5.93. The Balaban J connectivity index is 1.66. The van der Waals surface area contributed by atoms with E-state index in [0.29, 0.717) is 17.9 Å². The third kappa shape index (κ3) is 4.15. The Hall–Kier alpha value is -1.84. The largest absolute Gasteiger partial charge is 0.497 e. The van der Waals surface area contributed by atoms with Crippen molar-refractivity contribution in [3.63, 3.8) is 0 Å². The molecule has 0 unspecified atom stereocenters. The number of ether oxygens (including phenoxy) is 1. The number of benzene rings is 2. The van der Waals surface area contributed by atoms with E-state index >= 15 is 0 Å². The van der Waals surface area contributed by atoms with E-state index in [1.807, 2.05) is 0 Å². The normalized spacial score (nSPS) is 27.5. The van der Waals surface area contributed by atoms with Gasteiger partial charge in [-0.2, -0.15) is 0 Å². The summed E-state index contributed by atoms with van der Waals surface area (Å²) in [6.45, 7) is 8.05. The van der Waals surface area contributed by atoms with E-state index in [1.165, 1.54) is 23.1 Å². The van der Waals surface area contributed by atoms with Gasteiger partial charge in [-0.1, -0.05) is 49.7 Å². The highest BCUT2D eigenvalue weighted by Crippen LogP contribution is 2.44. The molecule has 2 aliphatic rings. The zero-order valence-electron chi connectivity index (χ0n) is 19.0. The van der Waals surface area contributed by atoms with Gasteiger partial charge in [0.1, 0.15) is 5.75 Å². The Morgan fingerprint density at radius 3 is 2.50 bits per heavy atom. The summed E-state index contributed by atoms with van der Waals surface area (Å²) in [6.07, 6.45) is 5.12. The minimum Gasteiger partial charge on any atom is -0.497 e. The minimum atomic E-state index is -0.206. The second-order valence-corrected chi connectivity index (χ2v) is 9.96. The highest BCUT2D eigenvalue weighted by Gasteiger charge is 2.45. The van der Waals surface area contributed by atoms with Crippen molar-refractivity contribution in [3.05, 3.63) is 65.2 Å². The standard InChI is InChI=1S/C27H37NO2/c1-19-9-14-24(26(29)17-19)27(2,3)28-16-15-21-7-5-6-8-23(21)25(28)18-20-10-12-22(30-4)13-11-20/h5-8,10-13,19,24-26,29H,9,14-18H2,1-4H3/t19-,24-,25+,26-/m0/s1. The fraction of sp³-hybridized carbons (Fsp3) is 0.556. The van der Waals surface area contributed by atoms with Crippen molar-refractivity contribution >= 4 is 0 Å². The molecule has 3 heteroatoms. The van der Waals surface area contributed by atoms with Gasteiger partial charge in [0, 0.05) is 24.0 Å². The van der Waals surface area contributed by atoms with Crippen molar-refractivity contribution in [1.82, 2.24) is 4.90 Å². The third-order valence-corrected chi connectivity index (χ3v) is 7.73. The van der Waals surface area contributed by atoms with E-state index in [4.69, 9.17) is 4.74 Å². The van der Waals surface area contributed by atoms with Crippen LogP contribution in [-0.2, 0) is 12.8 Å². The summed E-state index contributed by atoms with van der Waals surface area (Å²) in [5.74, 6) is 1.85. The molecule has 0 amide bonds. The van der Waals surface area contributed by atoms with Gasteiger partial charge in [0.25, 0.3) is 0 Å². The van der Waals surface area contributed by atoms with E-state index in [2.05, 4.69) is 74.2 Å². The zero-order chi connectivity index (χ0) is 21.3. The van der Waals surface area contributed by atoms with Crippen LogP contribution in [0.2, 0.25) is 0 Å². The number of hydrogen-bond donors (Lipinski definition) is 1. The van der Waals surface area contributed by atoms with Crippen molar-refractivity contribution < 1.29 is 9.84 Å². The SMILES string of the molecule is COc1ccc(C[C@@H]2c3ccccc3CCN2C(C)(C)[C@H]2CC[C@H](C)C[C@@H]2O)cc1. The maximum atomic E-state index is 11.0. The van der Waals surface area contributed by atoms with Crippen LogP contribution in [0.5, 0.6) is 5.75 Å². The lowest BCUT2D eigenvalue weighted by atomic mass is 9.69. The van der Waals surface area contributed by atoms with Crippen LogP contribution in [0.25, 0.3) is 0 Å². The van der Waals surface area contributed by atoms with E-state index in [0.717, 1.165) is 38.0 Å². The van der Waals surface area contributed by atoms with E-state index in [-0.39, 0.29) is 11.6 Å². The Labute approximate surface area is 182 Å². The van der Waals surface area contributed by atoms with E-state index < -0.39 is 0 Å². The number of aliphatic hydroxyl groups excluding tert-OH is 1. The summed E-state index contributed by atoms with van der Waals surface area (Å²) in [5, 5.41) is 11.0. The summed E-state index contributed by atoms with van der Waals surface area (Å²) in [5.41, 5.74) is 4.20. The van der Waals surface area contributed by atoms with Gasteiger partial charge in [0.15, 0.2) is 0 Å². The molecule has 2 aromatic carbocycles. The molecule has 1 aliphatic heterocycles. The van der Waals surface area contributed by atoms with Crippen molar-refractivity contribution in [2.24, 2.45) is 11.8 Å². The maximum Gasteiger partial charge on any atom is 0.118 e. The first-order chi connectivity index (χ1) is 14.4. The van der Waals surface area contributed by atoms with Gasteiger partial charge < -0.3 is 9.84 Å². The molecule has 1 fully saturated rings. The number of hydrogen-bond acceptors (Lipinski definition) is 3. The van der Waals surface area contributed by atoms with E-state index in [9.17, 15) is 5.11 Å². The van der Waals surface area contributed by atoms with Gasteiger partial charge in [-0.15, -0.1) is 0 Å². The molecule has 0 saturated heterocycles. The highest BCUT2D eigenvalue weighted by atomic mass is 16.5. The second kappa shape index (κ2) is 8.72. The number of nitrogens with zero attached hydrogens (tertiary/aromatic N) is 1. The summed E-state index contributed by atoms with van der Waals surface area (Å²) in [6, 6.07) is 17.8. The maximum absolute atomic E-state index is 11.0. The van der Waals surface area contributed by atoms with Crippen LogP contribution in [0.3, 0.4) is 0 Å². The zero-order valence-corrected chi connectivity index (χ0v) is 19.0. The second-order valence-electron chi connectivity index (χ2n) is 9.96. The van der Waals surface area contributed by atoms with E-state index in [1.54, 1.807) is 7.11 Å². The molecule has 1 aliphatic carbocycles. The molecular weight excluding hydrogens is 370 g/mol. The molecule has 4 rings (SSSR count). The number of aliphatic hydroxyl groups is 1. The summed E-state index contributed by atoms with van der Waals surface area (Å²) < 4.78 is 5.35. The highest BCUT2D eigenvalue weighted by molar-refractivity contribution is 5.36. The topological polar surface area (TPSA) is 32.7 Å². The predicted octanol–water partition coefficient (Wildman–Crippen LogP) is 5.41. The molecule has 162 valence electrons. The molecule has 30 heavy (non-hydrogen) atoms. The van der Waals surface area contributed by atoms with Crippen molar-refractivity contribution in [1.29, 1.82) is 0 Å².